The molecule has 1 aliphatic heterocycles. The van der Waals surface area contributed by atoms with Crippen LogP contribution in [0, 0.1) is 5.92 Å². The average Bonchev–Trinajstić information content (AvgIpc) is 2.91. The topological polar surface area (TPSA) is 117 Å². The highest BCUT2D eigenvalue weighted by molar-refractivity contribution is 5.87. The summed E-state index contributed by atoms with van der Waals surface area (Å²) >= 11 is 0. The highest BCUT2D eigenvalue weighted by atomic mass is 16.6. The Labute approximate surface area is 230 Å². The van der Waals surface area contributed by atoms with Crippen molar-refractivity contribution in [2.24, 2.45) is 5.92 Å². The molecule has 3 N–H and O–H groups in total. The van der Waals surface area contributed by atoms with Crippen molar-refractivity contribution in [2.45, 2.75) is 70.9 Å². The molecule has 0 spiro atoms. The molecule has 39 heavy (non-hydrogen) atoms. The maximum Gasteiger partial charge on any atom is 0.408 e. The molecule has 2 atom stereocenters. The summed E-state index contributed by atoms with van der Waals surface area (Å²) in [5.41, 5.74) is 1.01. The molecule has 2 aromatic rings. The van der Waals surface area contributed by atoms with Crippen molar-refractivity contribution in [1.82, 2.24) is 15.5 Å². The van der Waals surface area contributed by atoms with Gasteiger partial charge in [-0.1, -0.05) is 60.7 Å². The maximum absolute atomic E-state index is 13.9. The second kappa shape index (κ2) is 14.6. The number of benzene rings is 2. The number of hydrogen-bond acceptors (Lipinski definition) is 6. The summed E-state index contributed by atoms with van der Waals surface area (Å²) in [6.45, 7) is 6.68. The number of aliphatic hydroxyl groups is 1. The zero-order chi connectivity index (χ0) is 28.3. The van der Waals surface area contributed by atoms with Gasteiger partial charge in [0.2, 0.25) is 5.91 Å². The number of nitrogens with one attached hydrogen (secondary N) is 2. The molecule has 3 amide bonds. The third-order valence-electron chi connectivity index (χ3n) is 6.43. The van der Waals surface area contributed by atoms with Gasteiger partial charge in [-0.15, -0.1) is 0 Å². The number of nitrogens with zero attached hydrogens (tertiary/aromatic N) is 1. The summed E-state index contributed by atoms with van der Waals surface area (Å²) in [5, 5.41) is 16.3. The van der Waals surface area contributed by atoms with Gasteiger partial charge < -0.3 is 30.1 Å². The third kappa shape index (κ3) is 10.7. The molecule has 1 heterocycles. The quantitative estimate of drug-likeness (QED) is 0.403. The van der Waals surface area contributed by atoms with E-state index < -0.39 is 29.7 Å². The first-order chi connectivity index (χ1) is 18.6. The van der Waals surface area contributed by atoms with E-state index in [2.05, 4.69) is 10.6 Å². The van der Waals surface area contributed by atoms with E-state index in [-0.39, 0.29) is 31.5 Å². The fraction of sp³-hybridized carbons (Fsp3) is 0.500. The van der Waals surface area contributed by atoms with Gasteiger partial charge in [0.15, 0.2) is 0 Å². The second-order valence-corrected chi connectivity index (χ2v) is 10.9. The largest absolute Gasteiger partial charge is 0.444 e. The van der Waals surface area contributed by atoms with Gasteiger partial charge in [-0.05, 0) is 57.1 Å². The number of amides is 3. The molecule has 212 valence electrons. The number of carbonyl (C=O) groups excluding carboxylic acids is 3. The van der Waals surface area contributed by atoms with E-state index in [1.165, 1.54) is 4.90 Å². The van der Waals surface area contributed by atoms with Crippen LogP contribution in [0.4, 0.5) is 4.79 Å². The summed E-state index contributed by atoms with van der Waals surface area (Å²) in [6.07, 6.45) is -0.171. The molecule has 9 nitrogen and oxygen atoms in total. The minimum atomic E-state index is -1.45. The summed E-state index contributed by atoms with van der Waals surface area (Å²) < 4.78 is 10.9. The van der Waals surface area contributed by atoms with Crippen molar-refractivity contribution in [3.05, 3.63) is 71.8 Å². The normalized spacial score (nSPS) is 15.6. The summed E-state index contributed by atoms with van der Waals surface area (Å²) in [6, 6.07) is 17.8. The maximum atomic E-state index is 13.9. The molecular weight excluding hydrogens is 498 g/mol. The molecule has 1 saturated heterocycles. The van der Waals surface area contributed by atoms with E-state index in [4.69, 9.17) is 9.47 Å². The van der Waals surface area contributed by atoms with E-state index >= 15 is 0 Å². The predicted molar refractivity (Wildman–Crippen MR) is 147 cm³/mol. The zero-order valence-electron chi connectivity index (χ0n) is 23.1. The van der Waals surface area contributed by atoms with E-state index in [0.717, 1.165) is 24.0 Å². The van der Waals surface area contributed by atoms with Gasteiger partial charge in [0.25, 0.3) is 5.91 Å². The fourth-order valence-corrected chi connectivity index (χ4v) is 4.44. The Morgan fingerprint density at radius 1 is 1.00 bits per heavy atom. The highest BCUT2D eigenvalue weighted by Gasteiger charge is 2.33. The Bertz CT molecular complexity index is 1050. The van der Waals surface area contributed by atoms with Gasteiger partial charge >= 0.3 is 6.09 Å². The Kier molecular flexibility index (Phi) is 11.3. The van der Waals surface area contributed by atoms with Crippen LogP contribution < -0.4 is 10.6 Å². The highest BCUT2D eigenvalue weighted by Crippen LogP contribution is 2.22. The smallest absolute Gasteiger partial charge is 0.408 e. The Balaban J connectivity index is 1.76. The number of ether oxygens (including phenoxy) is 2. The van der Waals surface area contributed by atoms with E-state index in [1.54, 1.807) is 20.8 Å². The zero-order valence-corrected chi connectivity index (χ0v) is 23.1. The van der Waals surface area contributed by atoms with Crippen molar-refractivity contribution >= 4 is 17.9 Å². The number of aliphatic hydroxyl groups excluding tert-OH is 1. The van der Waals surface area contributed by atoms with Crippen LogP contribution in [0.1, 0.15) is 51.2 Å². The molecule has 1 unspecified atom stereocenters. The number of carbonyl (C=O) groups is 3. The molecule has 0 aromatic heterocycles. The lowest BCUT2D eigenvalue weighted by atomic mass is 9.92. The van der Waals surface area contributed by atoms with Crippen LogP contribution >= 0.6 is 0 Å². The van der Waals surface area contributed by atoms with Crippen LogP contribution in [0.3, 0.4) is 0 Å². The molecule has 1 aliphatic rings. The average molecular weight is 540 g/mol. The van der Waals surface area contributed by atoms with Crippen LogP contribution in [-0.4, -0.2) is 65.4 Å². The van der Waals surface area contributed by atoms with Crippen LogP contribution in [0.5, 0.6) is 0 Å². The van der Waals surface area contributed by atoms with Gasteiger partial charge in [0.1, 0.15) is 17.7 Å². The predicted octanol–water partition coefficient (Wildman–Crippen LogP) is 3.40. The number of hydrogen-bond donors (Lipinski definition) is 3. The Morgan fingerprint density at radius 3 is 2.18 bits per heavy atom. The van der Waals surface area contributed by atoms with E-state index in [9.17, 15) is 19.5 Å². The van der Waals surface area contributed by atoms with Crippen molar-refractivity contribution in [2.75, 3.05) is 19.8 Å². The molecule has 9 heteroatoms. The SMILES string of the molecule is CC(C)(C)OC(=O)NC(CC1CCOCC1)C(=O)N(Cc1ccccc1)C[C@H](O)C(=O)NCc1ccccc1. The Hall–Kier alpha value is -3.43. The number of alkyl carbamates (subject to hydrolysis) is 1. The molecular formula is C30H41N3O6. The lowest BCUT2D eigenvalue weighted by Gasteiger charge is -2.32. The van der Waals surface area contributed by atoms with Crippen molar-refractivity contribution in [3.8, 4) is 0 Å². The minimum Gasteiger partial charge on any atom is -0.444 e. The van der Waals surface area contributed by atoms with E-state index in [1.807, 2.05) is 60.7 Å². The third-order valence-corrected chi connectivity index (χ3v) is 6.43. The Morgan fingerprint density at radius 2 is 1.59 bits per heavy atom. The molecule has 3 rings (SSSR count). The van der Waals surface area contributed by atoms with E-state index in [0.29, 0.717) is 19.6 Å². The number of rotatable bonds is 11. The standard InChI is InChI=1S/C30H41N3O6/c1-30(2,3)39-29(37)32-25(18-22-14-16-38-17-15-22)28(36)33(20-24-12-8-5-9-13-24)21-26(34)27(35)31-19-23-10-6-4-7-11-23/h4-13,22,25-26,34H,14-21H2,1-3H3,(H,31,35)(H,32,37)/t25?,26-/m0/s1. The van der Waals surface area contributed by atoms with Crippen LogP contribution in [0.15, 0.2) is 60.7 Å². The van der Waals surface area contributed by atoms with Crippen molar-refractivity contribution in [1.29, 1.82) is 0 Å². The first-order valence-electron chi connectivity index (χ1n) is 13.5. The first kappa shape index (κ1) is 30.1. The van der Waals surface area contributed by atoms with Crippen molar-refractivity contribution in [3.63, 3.8) is 0 Å². The van der Waals surface area contributed by atoms with Crippen LogP contribution in [0.2, 0.25) is 0 Å². The summed E-state index contributed by atoms with van der Waals surface area (Å²) in [5.74, 6) is -0.780. The minimum absolute atomic E-state index is 0.170. The monoisotopic (exact) mass is 539 g/mol. The van der Waals surface area contributed by atoms with Gasteiger partial charge in [0, 0.05) is 26.3 Å². The molecule has 0 bridgehead atoms. The lowest BCUT2D eigenvalue weighted by molar-refractivity contribution is -0.139. The molecule has 2 aromatic carbocycles. The van der Waals surface area contributed by atoms with Gasteiger partial charge in [-0.3, -0.25) is 9.59 Å². The van der Waals surface area contributed by atoms with Crippen molar-refractivity contribution < 1.29 is 29.0 Å². The summed E-state index contributed by atoms with van der Waals surface area (Å²) in [7, 11) is 0. The molecule has 0 saturated carbocycles. The van der Waals surface area contributed by atoms with Crippen LogP contribution in [-0.2, 0) is 32.2 Å². The van der Waals surface area contributed by atoms with Gasteiger partial charge in [0.05, 0.1) is 6.54 Å². The summed E-state index contributed by atoms with van der Waals surface area (Å²) in [4.78, 5) is 40.8. The lowest BCUT2D eigenvalue weighted by Crippen LogP contribution is -2.53. The molecule has 0 radical (unpaired) electrons. The first-order valence-corrected chi connectivity index (χ1v) is 13.5. The van der Waals surface area contributed by atoms with Gasteiger partial charge in [-0.25, -0.2) is 4.79 Å². The van der Waals surface area contributed by atoms with Crippen LogP contribution in [0.25, 0.3) is 0 Å². The van der Waals surface area contributed by atoms with Gasteiger partial charge in [-0.2, -0.15) is 0 Å². The molecule has 0 aliphatic carbocycles. The second-order valence-electron chi connectivity index (χ2n) is 10.9. The molecule has 1 fully saturated rings. The fourth-order valence-electron chi connectivity index (χ4n) is 4.44.